The minimum atomic E-state index is -4.67. The highest BCUT2D eigenvalue weighted by Gasteiger charge is 2.22. The number of rotatable bonds is 5. The van der Waals surface area contributed by atoms with E-state index in [9.17, 15) is 12.9 Å². The fourth-order valence-corrected chi connectivity index (χ4v) is 0.649. The lowest BCUT2D eigenvalue weighted by atomic mass is 9.86. The number of aliphatic hydroxyl groups is 1. The molecule has 0 aromatic heterocycles. The number of hydrogen-bond acceptors (Lipinski definition) is 2. The maximum atomic E-state index is 11.6. The summed E-state index contributed by atoms with van der Waals surface area (Å²) in [5.74, 6) is 0. The summed E-state index contributed by atoms with van der Waals surface area (Å²) in [6.07, 6.45) is -0.753. The second kappa shape index (κ2) is 4.61. The molecule has 0 aromatic carbocycles. The van der Waals surface area contributed by atoms with Crippen molar-refractivity contribution in [3.8, 4) is 0 Å². The minimum Gasteiger partial charge on any atom is -0.449 e. The molecule has 0 aromatic rings. The lowest BCUT2D eigenvalue weighted by Gasteiger charge is -2.19. The average molecular weight is 170 g/mol. The Bertz CT molecular complexity index is 108. The SMILES string of the molecule is CN(CCO)CC[B-](F)(F)F. The zero-order valence-corrected chi connectivity index (χ0v) is 6.43. The summed E-state index contributed by atoms with van der Waals surface area (Å²) in [6, 6.07) is 0. The lowest BCUT2D eigenvalue weighted by molar-refractivity contribution is 0.224. The summed E-state index contributed by atoms with van der Waals surface area (Å²) in [4.78, 5) is 1.45. The first kappa shape index (κ1) is 10.8. The highest BCUT2D eigenvalue weighted by Crippen LogP contribution is 2.14. The van der Waals surface area contributed by atoms with Crippen molar-refractivity contribution in [2.24, 2.45) is 0 Å². The van der Waals surface area contributed by atoms with Gasteiger partial charge in [-0.1, -0.05) is 6.32 Å². The highest BCUT2D eigenvalue weighted by molar-refractivity contribution is 6.58. The zero-order chi connectivity index (χ0) is 8.91. The van der Waals surface area contributed by atoms with Crippen LogP contribution < -0.4 is 0 Å². The number of likely N-dealkylation sites (N-methyl/N-ethyl adjacent to an activating group) is 1. The lowest BCUT2D eigenvalue weighted by Crippen LogP contribution is -2.28. The summed E-state index contributed by atoms with van der Waals surface area (Å²) >= 11 is 0. The second-order valence-corrected chi connectivity index (χ2v) is 2.53. The van der Waals surface area contributed by atoms with E-state index in [4.69, 9.17) is 5.11 Å². The summed E-state index contributed by atoms with van der Waals surface area (Å²) < 4.78 is 34.9. The van der Waals surface area contributed by atoms with Gasteiger partial charge < -0.3 is 23.0 Å². The van der Waals surface area contributed by atoms with Crippen LogP contribution in [0.25, 0.3) is 0 Å². The highest BCUT2D eigenvalue weighted by atomic mass is 19.4. The van der Waals surface area contributed by atoms with Gasteiger partial charge in [-0.25, -0.2) is 0 Å². The molecule has 2 nitrogen and oxygen atoms in total. The van der Waals surface area contributed by atoms with E-state index < -0.39 is 13.3 Å². The van der Waals surface area contributed by atoms with Crippen LogP contribution in [0.5, 0.6) is 0 Å². The molecule has 68 valence electrons. The molecule has 0 amide bonds. The molecule has 0 bridgehead atoms. The number of aliphatic hydroxyl groups excluding tert-OH is 1. The van der Waals surface area contributed by atoms with Gasteiger partial charge in [0, 0.05) is 6.54 Å². The van der Waals surface area contributed by atoms with Gasteiger partial charge in [0.25, 0.3) is 0 Å². The van der Waals surface area contributed by atoms with Gasteiger partial charge >= 0.3 is 6.98 Å². The Labute approximate surface area is 64.1 Å². The molecule has 0 rings (SSSR count). The summed E-state index contributed by atoms with van der Waals surface area (Å²) in [7, 11) is 1.55. The smallest absolute Gasteiger partial charge is 0.449 e. The largest absolute Gasteiger partial charge is 0.479 e. The third-order valence-corrected chi connectivity index (χ3v) is 1.32. The first-order chi connectivity index (χ1) is 4.95. The van der Waals surface area contributed by atoms with Crippen molar-refractivity contribution < 1.29 is 18.1 Å². The van der Waals surface area contributed by atoms with Crippen LogP contribution in [0.15, 0.2) is 0 Å². The molecule has 11 heavy (non-hydrogen) atoms. The molecule has 0 aliphatic rings. The van der Waals surface area contributed by atoms with Crippen molar-refractivity contribution in [1.29, 1.82) is 0 Å². The first-order valence-corrected chi connectivity index (χ1v) is 3.46. The molecule has 0 atom stereocenters. The van der Waals surface area contributed by atoms with Gasteiger partial charge in [0.2, 0.25) is 0 Å². The van der Waals surface area contributed by atoms with E-state index in [1.807, 2.05) is 0 Å². The van der Waals surface area contributed by atoms with Crippen LogP contribution in [-0.2, 0) is 0 Å². The van der Waals surface area contributed by atoms with Crippen molar-refractivity contribution >= 4 is 6.98 Å². The molecule has 0 radical (unpaired) electrons. The van der Waals surface area contributed by atoms with Crippen molar-refractivity contribution in [2.45, 2.75) is 6.32 Å². The van der Waals surface area contributed by atoms with Crippen LogP contribution in [0.2, 0.25) is 6.32 Å². The fraction of sp³-hybridized carbons (Fsp3) is 1.00. The predicted octanol–water partition coefficient (Wildman–Crippen LogP) is 0.758. The van der Waals surface area contributed by atoms with Crippen LogP contribution in [0.4, 0.5) is 12.9 Å². The molecule has 0 heterocycles. The minimum absolute atomic E-state index is 0.0237. The Morgan fingerprint density at radius 1 is 1.27 bits per heavy atom. The molecule has 1 N–H and O–H groups in total. The standard InChI is InChI=1S/C5H12BF3NO/c1-10(4-5-11)3-2-6(7,8)9/h11H,2-5H2,1H3/q-1. The molecule has 6 heteroatoms. The molecule has 0 saturated carbocycles. The normalized spacial score (nSPS) is 12.5. The van der Waals surface area contributed by atoms with Crippen LogP contribution in [0, 0.1) is 0 Å². The summed E-state index contributed by atoms with van der Waals surface area (Å²) in [5, 5.41) is 8.35. The topological polar surface area (TPSA) is 23.5 Å². The van der Waals surface area contributed by atoms with E-state index in [0.29, 0.717) is 6.54 Å². The molecular formula is C5H12BF3NO-. The molecule has 0 spiro atoms. The third-order valence-electron chi connectivity index (χ3n) is 1.32. The summed E-state index contributed by atoms with van der Waals surface area (Å²) in [6.45, 7) is -4.49. The Morgan fingerprint density at radius 2 is 1.82 bits per heavy atom. The third kappa shape index (κ3) is 7.67. The quantitative estimate of drug-likeness (QED) is 0.615. The van der Waals surface area contributed by atoms with Crippen LogP contribution >= 0.6 is 0 Å². The summed E-state index contributed by atoms with van der Waals surface area (Å²) in [5.41, 5.74) is 0. The van der Waals surface area contributed by atoms with E-state index in [2.05, 4.69) is 0 Å². The van der Waals surface area contributed by atoms with Gasteiger partial charge in [-0.2, -0.15) is 0 Å². The number of hydrogen-bond donors (Lipinski definition) is 1. The predicted molar refractivity (Wildman–Crippen MR) is 38.5 cm³/mol. The van der Waals surface area contributed by atoms with Crippen molar-refractivity contribution in [2.75, 3.05) is 26.7 Å². The molecule has 0 saturated heterocycles. The van der Waals surface area contributed by atoms with E-state index >= 15 is 0 Å². The van der Waals surface area contributed by atoms with Gasteiger partial charge in [-0.15, -0.1) is 0 Å². The van der Waals surface area contributed by atoms with Crippen molar-refractivity contribution in [1.82, 2.24) is 4.90 Å². The Balaban J connectivity index is 3.38. The maximum Gasteiger partial charge on any atom is 0.479 e. The van der Waals surface area contributed by atoms with Crippen LogP contribution in [0.1, 0.15) is 0 Å². The molecule has 0 unspecified atom stereocenters. The van der Waals surface area contributed by atoms with Gasteiger partial charge in [0.1, 0.15) is 0 Å². The molecule has 0 aliphatic carbocycles. The van der Waals surface area contributed by atoms with E-state index in [1.165, 1.54) is 4.90 Å². The second-order valence-electron chi connectivity index (χ2n) is 2.53. The van der Waals surface area contributed by atoms with Gasteiger partial charge in [0.05, 0.1) is 6.61 Å². The van der Waals surface area contributed by atoms with Crippen LogP contribution in [-0.4, -0.2) is 43.7 Å². The maximum absolute atomic E-state index is 11.6. The average Bonchev–Trinajstić information content (AvgIpc) is 1.83. The Kier molecular flexibility index (Phi) is 4.52. The van der Waals surface area contributed by atoms with E-state index in [0.717, 1.165) is 0 Å². The zero-order valence-electron chi connectivity index (χ0n) is 6.43. The molecular weight excluding hydrogens is 158 g/mol. The van der Waals surface area contributed by atoms with Crippen LogP contribution in [0.3, 0.4) is 0 Å². The van der Waals surface area contributed by atoms with Gasteiger partial charge in [0.15, 0.2) is 0 Å². The number of nitrogens with zero attached hydrogens (tertiary/aromatic N) is 1. The Morgan fingerprint density at radius 3 is 2.18 bits per heavy atom. The van der Waals surface area contributed by atoms with Crippen molar-refractivity contribution in [3.63, 3.8) is 0 Å². The molecule has 0 aliphatic heterocycles. The Hall–Kier alpha value is -0.225. The fourth-order valence-electron chi connectivity index (χ4n) is 0.649. The van der Waals surface area contributed by atoms with E-state index in [1.54, 1.807) is 7.05 Å². The first-order valence-electron chi connectivity index (χ1n) is 3.46. The van der Waals surface area contributed by atoms with E-state index in [-0.39, 0.29) is 13.2 Å². The van der Waals surface area contributed by atoms with Gasteiger partial charge in [-0.3, -0.25) is 0 Å². The van der Waals surface area contributed by atoms with Gasteiger partial charge in [-0.05, 0) is 13.6 Å². The monoisotopic (exact) mass is 170 g/mol. The molecule has 0 fully saturated rings. The van der Waals surface area contributed by atoms with Crippen molar-refractivity contribution in [3.05, 3.63) is 0 Å². The number of halogens is 3.